The van der Waals surface area contributed by atoms with Gasteiger partial charge in [-0.2, -0.15) is 0 Å². The van der Waals surface area contributed by atoms with Crippen LogP contribution < -0.4 is 0 Å². The van der Waals surface area contributed by atoms with Gasteiger partial charge in [0.25, 0.3) is 0 Å². The lowest BCUT2D eigenvalue weighted by Crippen LogP contribution is -1.86. The van der Waals surface area contributed by atoms with E-state index in [0.717, 1.165) is 0 Å². The van der Waals surface area contributed by atoms with E-state index in [2.05, 4.69) is 10.2 Å². The quantitative estimate of drug-likeness (QED) is 0.476. The Morgan fingerprint density at radius 3 is 2.50 bits per heavy atom. The lowest BCUT2D eigenvalue weighted by molar-refractivity contribution is -0.389. The van der Waals surface area contributed by atoms with Crippen LogP contribution in [0.25, 0.3) is 0 Å². The van der Waals surface area contributed by atoms with E-state index in [1.807, 2.05) is 13.8 Å². The SMILES string of the molecule is CC.O=[N+]([O-])c1ccn[nH]1. The Labute approximate surface area is 58.2 Å². The van der Waals surface area contributed by atoms with Gasteiger partial charge in [-0.25, -0.2) is 0 Å². The van der Waals surface area contributed by atoms with E-state index in [0.29, 0.717) is 0 Å². The van der Waals surface area contributed by atoms with Gasteiger partial charge in [0.05, 0.1) is 12.3 Å². The van der Waals surface area contributed by atoms with Gasteiger partial charge in [0.1, 0.15) is 0 Å². The minimum Gasteiger partial charge on any atom is -0.358 e. The van der Waals surface area contributed by atoms with Crippen molar-refractivity contribution in [1.29, 1.82) is 0 Å². The second kappa shape index (κ2) is 4.49. The van der Waals surface area contributed by atoms with Gasteiger partial charge in [-0.1, -0.05) is 18.9 Å². The zero-order valence-electron chi connectivity index (χ0n) is 5.87. The third kappa shape index (κ3) is 2.25. The number of rotatable bonds is 1. The maximum Gasteiger partial charge on any atom is 0.342 e. The summed E-state index contributed by atoms with van der Waals surface area (Å²) in [4.78, 5) is 9.26. The minimum atomic E-state index is -0.535. The fourth-order valence-electron chi connectivity index (χ4n) is 0.350. The Morgan fingerprint density at radius 1 is 1.70 bits per heavy atom. The molecule has 0 radical (unpaired) electrons. The standard InChI is InChI=1S/C3H3N3O2.C2H6/c7-6(8)3-1-2-4-5-3;1-2/h1-2H,(H,4,5);1-2H3. The van der Waals surface area contributed by atoms with Gasteiger partial charge in [-0.05, 0) is 4.92 Å². The highest BCUT2D eigenvalue weighted by Crippen LogP contribution is 2.00. The number of aromatic nitrogens is 2. The molecule has 1 N–H and O–H groups in total. The van der Waals surface area contributed by atoms with E-state index in [4.69, 9.17) is 0 Å². The zero-order valence-corrected chi connectivity index (χ0v) is 5.87. The Bertz CT molecular complexity index is 183. The molecule has 10 heavy (non-hydrogen) atoms. The topological polar surface area (TPSA) is 71.8 Å². The van der Waals surface area contributed by atoms with E-state index in [-0.39, 0.29) is 5.82 Å². The van der Waals surface area contributed by atoms with Crippen molar-refractivity contribution in [1.82, 2.24) is 10.2 Å². The number of nitrogens with zero attached hydrogens (tertiary/aromatic N) is 2. The van der Waals surface area contributed by atoms with Crippen molar-refractivity contribution < 1.29 is 4.92 Å². The molecule has 0 atom stereocenters. The predicted molar refractivity (Wildman–Crippen MR) is 36.6 cm³/mol. The van der Waals surface area contributed by atoms with Crippen LogP contribution >= 0.6 is 0 Å². The summed E-state index contributed by atoms with van der Waals surface area (Å²) in [6.45, 7) is 4.00. The monoisotopic (exact) mass is 143 g/mol. The number of hydrogen-bond donors (Lipinski definition) is 1. The molecular formula is C5H9N3O2. The van der Waals surface area contributed by atoms with Gasteiger partial charge in [-0.15, -0.1) is 5.10 Å². The normalized spacial score (nSPS) is 7.80. The molecule has 1 aromatic rings. The van der Waals surface area contributed by atoms with Gasteiger partial charge in [-0.3, -0.25) is 0 Å². The molecule has 0 bridgehead atoms. The summed E-state index contributed by atoms with van der Waals surface area (Å²) in [6.07, 6.45) is 1.33. The Hall–Kier alpha value is -1.39. The number of H-pyrrole nitrogens is 1. The molecule has 0 aromatic carbocycles. The number of aromatic amines is 1. The highest BCUT2D eigenvalue weighted by Gasteiger charge is 1.99. The molecule has 0 saturated heterocycles. The Morgan fingerprint density at radius 2 is 2.30 bits per heavy atom. The average Bonchev–Trinajstić information content (AvgIpc) is 2.42. The number of nitro groups is 1. The van der Waals surface area contributed by atoms with E-state index in [1.54, 1.807) is 0 Å². The maximum atomic E-state index is 9.80. The van der Waals surface area contributed by atoms with Crippen molar-refractivity contribution in [2.75, 3.05) is 0 Å². The first-order valence-corrected chi connectivity index (χ1v) is 2.94. The van der Waals surface area contributed by atoms with Crippen LogP contribution in [0.3, 0.4) is 0 Å². The second-order valence-corrected chi connectivity index (χ2v) is 1.20. The largest absolute Gasteiger partial charge is 0.358 e. The van der Waals surface area contributed by atoms with Crippen molar-refractivity contribution in [2.45, 2.75) is 13.8 Å². The van der Waals surface area contributed by atoms with E-state index in [9.17, 15) is 10.1 Å². The van der Waals surface area contributed by atoms with Crippen LogP contribution in [-0.4, -0.2) is 15.1 Å². The first kappa shape index (κ1) is 8.61. The molecular weight excluding hydrogens is 134 g/mol. The maximum absolute atomic E-state index is 9.80. The summed E-state index contributed by atoms with van der Waals surface area (Å²) >= 11 is 0. The van der Waals surface area contributed by atoms with Crippen LogP contribution in [-0.2, 0) is 0 Å². The van der Waals surface area contributed by atoms with Crippen LogP contribution in [0.1, 0.15) is 13.8 Å². The highest BCUT2D eigenvalue weighted by atomic mass is 16.6. The highest BCUT2D eigenvalue weighted by molar-refractivity contribution is 5.12. The third-order valence-electron chi connectivity index (χ3n) is 0.683. The molecule has 0 aliphatic heterocycles. The summed E-state index contributed by atoms with van der Waals surface area (Å²) in [5.41, 5.74) is 0. The summed E-state index contributed by atoms with van der Waals surface area (Å²) in [7, 11) is 0. The third-order valence-corrected chi connectivity index (χ3v) is 0.683. The molecule has 0 saturated carbocycles. The van der Waals surface area contributed by atoms with Crippen molar-refractivity contribution in [3.63, 3.8) is 0 Å². The van der Waals surface area contributed by atoms with Gasteiger partial charge >= 0.3 is 5.82 Å². The summed E-state index contributed by atoms with van der Waals surface area (Å²) in [5.74, 6) is -0.0787. The van der Waals surface area contributed by atoms with E-state index in [1.165, 1.54) is 12.3 Å². The number of hydrogen-bond acceptors (Lipinski definition) is 3. The van der Waals surface area contributed by atoms with Crippen LogP contribution in [0.5, 0.6) is 0 Å². The van der Waals surface area contributed by atoms with E-state index >= 15 is 0 Å². The molecule has 56 valence electrons. The first-order valence-electron chi connectivity index (χ1n) is 2.94. The minimum absolute atomic E-state index is 0.0787. The van der Waals surface area contributed by atoms with Crippen LogP contribution in [0.2, 0.25) is 0 Å². The molecule has 1 aromatic heterocycles. The second-order valence-electron chi connectivity index (χ2n) is 1.20. The molecule has 0 amide bonds. The Kier molecular flexibility index (Phi) is 3.86. The van der Waals surface area contributed by atoms with Gasteiger partial charge in [0, 0.05) is 0 Å². The van der Waals surface area contributed by atoms with Crippen molar-refractivity contribution in [3.8, 4) is 0 Å². The van der Waals surface area contributed by atoms with Crippen molar-refractivity contribution in [3.05, 3.63) is 22.4 Å². The van der Waals surface area contributed by atoms with Gasteiger partial charge < -0.3 is 10.1 Å². The van der Waals surface area contributed by atoms with E-state index < -0.39 is 4.92 Å². The van der Waals surface area contributed by atoms with Crippen LogP contribution in [0.4, 0.5) is 5.82 Å². The lowest BCUT2D eigenvalue weighted by atomic mass is 10.7. The fraction of sp³-hybridized carbons (Fsp3) is 0.400. The molecule has 0 fully saturated rings. The molecule has 5 heteroatoms. The summed E-state index contributed by atoms with van der Waals surface area (Å²) < 4.78 is 0. The predicted octanol–water partition coefficient (Wildman–Crippen LogP) is 1.34. The van der Waals surface area contributed by atoms with Gasteiger partial charge in [0.15, 0.2) is 0 Å². The first-order chi connectivity index (χ1) is 4.80. The van der Waals surface area contributed by atoms with Crippen molar-refractivity contribution >= 4 is 5.82 Å². The summed E-state index contributed by atoms with van der Waals surface area (Å²) in [5, 5.41) is 15.4. The van der Waals surface area contributed by atoms with Crippen molar-refractivity contribution in [2.24, 2.45) is 0 Å². The molecule has 5 nitrogen and oxygen atoms in total. The molecule has 0 aliphatic carbocycles. The fourth-order valence-corrected chi connectivity index (χ4v) is 0.350. The summed E-state index contributed by atoms with van der Waals surface area (Å²) in [6, 6.07) is 1.29. The molecule has 1 heterocycles. The molecule has 1 rings (SSSR count). The van der Waals surface area contributed by atoms with Crippen LogP contribution in [0.15, 0.2) is 12.3 Å². The Balaban J connectivity index is 0.000000371. The van der Waals surface area contributed by atoms with Crippen LogP contribution in [0, 0.1) is 10.1 Å². The lowest BCUT2D eigenvalue weighted by Gasteiger charge is -1.82. The molecule has 0 unspecified atom stereocenters. The molecule has 0 aliphatic rings. The smallest absolute Gasteiger partial charge is 0.342 e. The average molecular weight is 143 g/mol. The molecule has 0 spiro atoms. The zero-order chi connectivity index (χ0) is 7.98. The van der Waals surface area contributed by atoms with Gasteiger partial charge in [0.2, 0.25) is 0 Å². The number of nitrogens with one attached hydrogen (secondary N) is 1.